The second-order valence-corrected chi connectivity index (χ2v) is 6.52. The number of rotatable bonds is 8. The first-order valence-corrected chi connectivity index (χ1v) is 8.60. The van der Waals surface area contributed by atoms with Crippen LogP contribution >= 0.6 is 0 Å². The quantitative estimate of drug-likeness (QED) is 0.459. The third-order valence-corrected chi connectivity index (χ3v) is 4.96. The van der Waals surface area contributed by atoms with Crippen molar-refractivity contribution in [1.29, 1.82) is 0 Å². The highest BCUT2D eigenvalue weighted by molar-refractivity contribution is 4.66. The summed E-state index contributed by atoms with van der Waals surface area (Å²) in [7, 11) is 0. The second kappa shape index (κ2) is 9.77. The van der Waals surface area contributed by atoms with E-state index in [9.17, 15) is 0 Å². The van der Waals surface area contributed by atoms with Crippen LogP contribution in [0.2, 0.25) is 0 Å². The fourth-order valence-electron chi connectivity index (χ4n) is 3.63. The van der Waals surface area contributed by atoms with Gasteiger partial charge in [0.2, 0.25) is 0 Å². The highest BCUT2D eigenvalue weighted by atomic mass is 16.7. The van der Waals surface area contributed by atoms with Crippen LogP contribution in [0.5, 0.6) is 0 Å². The van der Waals surface area contributed by atoms with Gasteiger partial charge < -0.3 is 9.47 Å². The van der Waals surface area contributed by atoms with E-state index in [0.29, 0.717) is 6.79 Å². The van der Waals surface area contributed by atoms with Gasteiger partial charge in [-0.2, -0.15) is 0 Å². The Labute approximate surface area is 119 Å². The maximum atomic E-state index is 5.60. The summed E-state index contributed by atoms with van der Waals surface area (Å²) in [6.07, 6.45) is 16.8. The minimum atomic E-state index is 0.513. The third kappa shape index (κ3) is 6.76. The lowest BCUT2D eigenvalue weighted by Gasteiger charge is -2.22. The van der Waals surface area contributed by atoms with E-state index in [0.717, 1.165) is 25.0 Å². The molecule has 2 heteroatoms. The normalized spacial score (nSPS) is 22.7. The number of hydrogen-bond acceptors (Lipinski definition) is 2. The average molecular weight is 268 g/mol. The standard InChI is InChI=1S/C17H32O2/c1-3-7-16(8-4-1)11-13-18-15-19-14-12-17-9-5-2-6-10-17/h16-17H,1-15H2. The maximum Gasteiger partial charge on any atom is 0.146 e. The smallest absolute Gasteiger partial charge is 0.146 e. The van der Waals surface area contributed by atoms with E-state index in [-0.39, 0.29) is 0 Å². The molecule has 19 heavy (non-hydrogen) atoms. The lowest BCUT2D eigenvalue weighted by atomic mass is 9.87. The Balaban J connectivity index is 1.35. The van der Waals surface area contributed by atoms with Crippen molar-refractivity contribution in [3.63, 3.8) is 0 Å². The topological polar surface area (TPSA) is 18.5 Å². The Morgan fingerprint density at radius 1 is 0.579 bits per heavy atom. The Hall–Kier alpha value is -0.0800. The molecular weight excluding hydrogens is 236 g/mol. The molecule has 0 spiro atoms. The van der Waals surface area contributed by atoms with E-state index in [1.807, 2.05) is 0 Å². The van der Waals surface area contributed by atoms with E-state index in [1.54, 1.807) is 0 Å². The van der Waals surface area contributed by atoms with Gasteiger partial charge in [-0.05, 0) is 24.7 Å². The monoisotopic (exact) mass is 268 g/mol. The van der Waals surface area contributed by atoms with Gasteiger partial charge in [0.1, 0.15) is 6.79 Å². The van der Waals surface area contributed by atoms with Crippen LogP contribution in [0.25, 0.3) is 0 Å². The van der Waals surface area contributed by atoms with Gasteiger partial charge in [0.15, 0.2) is 0 Å². The highest BCUT2D eigenvalue weighted by Gasteiger charge is 2.13. The fourth-order valence-corrected chi connectivity index (χ4v) is 3.63. The van der Waals surface area contributed by atoms with Gasteiger partial charge in [-0.15, -0.1) is 0 Å². The summed E-state index contributed by atoms with van der Waals surface area (Å²) in [5, 5.41) is 0. The maximum absolute atomic E-state index is 5.60. The summed E-state index contributed by atoms with van der Waals surface area (Å²) in [5.41, 5.74) is 0. The van der Waals surface area contributed by atoms with Crippen molar-refractivity contribution < 1.29 is 9.47 Å². The van der Waals surface area contributed by atoms with Crippen LogP contribution in [0.3, 0.4) is 0 Å². The number of hydrogen-bond donors (Lipinski definition) is 0. The zero-order chi connectivity index (χ0) is 13.2. The zero-order valence-electron chi connectivity index (χ0n) is 12.6. The SMILES string of the molecule is C1CCC(CCOCOCCC2CCCCC2)CC1. The van der Waals surface area contributed by atoms with E-state index in [4.69, 9.17) is 9.47 Å². The second-order valence-electron chi connectivity index (χ2n) is 6.52. The summed E-state index contributed by atoms with van der Waals surface area (Å²) in [5.74, 6) is 1.85. The molecule has 0 N–H and O–H groups in total. The van der Waals surface area contributed by atoms with Crippen LogP contribution in [-0.4, -0.2) is 20.0 Å². The molecule has 112 valence electrons. The average Bonchev–Trinajstić information content (AvgIpc) is 2.48. The van der Waals surface area contributed by atoms with E-state index in [1.165, 1.54) is 77.0 Å². The van der Waals surface area contributed by atoms with Crippen LogP contribution in [0.15, 0.2) is 0 Å². The van der Waals surface area contributed by atoms with Gasteiger partial charge in [-0.1, -0.05) is 64.2 Å². The molecule has 0 amide bonds. The van der Waals surface area contributed by atoms with Crippen molar-refractivity contribution in [2.75, 3.05) is 20.0 Å². The molecule has 2 nitrogen and oxygen atoms in total. The number of ether oxygens (including phenoxy) is 2. The first-order chi connectivity index (χ1) is 9.45. The first kappa shape index (κ1) is 15.3. The lowest BCUT2D eigenvalue weighted by Crippen LogP contribution is -2.12. The van der Waals surface area contributed by atoms with Crippen LogP contribution in [-0.2, 0) is 9.47 Å². The van der Waals surface area contributed by atoms with Crippen LogP contribution in [0.4, 0.5) is 0 Å². The third-order valence-electron chi connectivity index (χ3n) is 4.96. The van der Waals surface area contributed by atoms with Crippen molar-refractivity contribution in [2.24, 2.45) is 11.8 Å². The predicted molar refractivity (Wildman–Crippen MR) is 79.2 cm³/mol. The molecule has 0 aromatic carbocycles. The Kier molecular flexibility index (Phi) is 7.87. The van der Waals surface area contributed by atoms with Crippen molar-refractivity contribution >= 4 is 0 Å². The first-order valence-electron chi connectivity index (χ1n) is 8.60. The van der Waals surface area contributed by atoms with Gasteiger partial charge in [-0.25, -0.2) is 0 Å². The molecule has 0 aliphatic heterocycles. The molecule has 0 heterocycles. The Morgan fingerprint density at radius 3 is 1.42 bits per heavy atom. The summed E-state index contributed by atoms with van der Waals surface area (Å²) < 4.78 is 11.2. The predicted octanol–water partition coefficient (Wildman–Crippen LogP) is 4.92. The minimum Gasteiger partial charge on any atom is -0.355 e. The molecule has 2 saturated carbocycles. The van der Waals surface area contributed by atoms with Crippen molar-refractivity contribution in [3.05, 3.63) is 0 Å². The molecule has 2 rings (SSSR count). The van der Waals surface area contributed by atoms with Gasteiger partial charge in [0.05, 0.1) is 0 Å². The lowest BCUT2D eigenvalue weighted by molar-refractivity contribution is -0.0615. The summed E-state index contributed by atoms with van der Waals surface area (Å²) in [6.45, 7) is 2.31. The molecule has 2 aliphatic carbocycles. The molecule has 0 aromatic rings. The molecule has 0 saturated heterocycles. The van der Waals surface area contributed by atoms with Crippen LogP contribution < -0.4 is 0 Å². The fraction of sp³-hybridized carbons (Fsp3) is 1.00. The minimum absolute atomic E-state index is 0.513. The largest absolute Gasteiger partial charge is 0.355 e. The molecule has 0 radical (unpaired) electrons. The zero-order valence-corrected chi connectivity index (χ0v) is 12.6. The molecule has 0 atom stereocenters. The van der Waals surface area contributed by atoms with Gasteiger partial charge in [0, 0.05) is 13.2 Å². The van der Waals surface area contributed by atoms with Crippen molar-refractivity contribution in [2.45, 2.75) is 77.0 Å². The Morgan fingerprint density at radius 2 is 1.00 bits per heavy atom. The summed E-state index contributed by atoms with van der Waals surface area (Å²) >= 11 is 0. The van der Waals surface area contributed by atoms with Crippen LogP contribution in [0.1, 0.15) is 77.0 Å². The summed E-state index contributed by atoms with van der Waals surface area (Å²) in [6, 6.07) is 0. The van der Waals surface area contributed by atoms with Crippen molar-refractivity contribution in [1.82, 2.24) is 0 Å². The van der Waals surface area contributed by atoms with E-state index in [2.05, 4.69) is 0 Å². The highest BCUT2D eigenvalue weighted by Crippen LogP contribution is 2.27. The van der Waals surface area contributed by atoms with E-state index >= 15 is 0 Å². The summed E-state index contributed by atoms with van der Waals surface area (Å²) in [4.78, 5) is 0. The molecule has 2 aliphatic rings. The van der Waals surface area contributed by atoms with Crippen molar-refractivity contribution in [3.8, 4) is 0 Å². The molecule has 0 bridgehead atoms. The van der Waals surface area contributed by atoms with Gasteiger partial charge >= 0.3 is 0 Å². The molecule has 0 unspecified atom stereocenters. The molecule has 2 fully saturated rings. The van der Waals surface area contributed by atoms with Gasteiger partial charge in [-0.3, -0.25) is 0 Å². The molecule has 0 aromatic heterocycles. The van der Waals surface area contributed by atoms with Gasteiger partial charge in [0.25, 0.3) is 0 Å². The Bertz CT molecular complexity index is 183. The van der Waals surface area contributed by atoms with E-state index < -0.39 is 0 Å². The van der Waals surface area contributed by atoms with Crippen LogP contribution in [0, 0.1) is 11.8 Å². The molecular formula is C17H32O2.